The van der Waals surface area contributed by atoms with E-state index in [1.807, 2.05) is 25.1 Å². The predicted molar refractivity (Wildman–Crippen MR) is 97.1 cm³/mol. The van der Waals surface area contributed by atoms with Crippen LogP contribution in [0.5, 0.6) is 0 Å². The zero-order valence-corrected chi connectivity index (χ0v) is 15.9. The molecule has 1 aromatic carbocycles. The minimum atomic E-state index is -3.00. The summed E-state index contributed by atoms with van der Waals surface area (Å²) in [5.41, 5.74) is 1.79. The number of aromatic nitrogens is 3. The number of rotatable bonds is 4. The Kier molecular flexibility index (Phi) is 5.35. The Morgan fingerprint density at radius 1 is 1.32 bits per heavy atom. The molecule has 0 N–H and O–H groups in total. The van der Waals surface area contributed by atoms with Gasteiger partial charge in [-0.2, -0.15) is 0 Å². The largest absolute Gasteiger partial charge is 0.340 e. The standard InChI is InChI=1S/C15H17ClN4O3S2/c1-11-2-3-12(8-13(11)16)20-10-17-18-15(20)24-9-14(21)19-4-6-25(22,23)7-5-19/h2-3,8,10H,4-7,9H2,1H3. The zero-order chi connectivity index (χ0) is 18.0. The molecule has 7 nitrogen and oxygen atoms in total. The van der Waals surface area contributed by atoms with Crippen LogP contribution in [-0.4, -0.2) is 64.3 Å². The molecule has 2 aromatic rings. The Balaban J connectivity index is 1.65. The molecule has 0 atom stereocenters. The molecule has 1 aliphatic rings. The lowest BCUT2D eigenvalue weighted by Gasteiger charge is -2.26. The van der Waals surface area contributed by atoms with Crippen molar-refractivity contribution in [1.29, 1.82) is 0 Å². The predicted octanol–water partition coefficient (Wildman–Crippen LogP) is 1.58. The summed E-state index contributed by atoms with van der Waals surface area (Å²) in [4.78, 5) is 13.9. The highest BCUT2D eigenvalue weighted by Gasteiger charge is 2.25. The Hall–Kier alpha value is -1.58. The average molecular weight is 401 g/mol. The maximum Gasteiger partial charge on any atom is 0.233 e. The van der Waals surface area contributed by atoms with Crippen LogP contribution in [0.15, 0.2) is 29.7 Å². The molecular formula is C15H17ClN4O3S2. The van der Waals surface area contributed by atoms with Crippen LogP contribution in [0.3, 0.4) is 0 Å². The Morgan fingerprint density at radius 2 is 2.04 bits per heavy atom. The first-order valence-corrected chi connectivity index (χ1v) is 10.8. The van der Waals surface area contributed by atoms with Crippen molar-refractivity contribution in [2.75, 3.05) is 30.3 Å². The first-order chi connectivity index (χ1) is 11.9. The van der Waals surface area contributed by atoms with Gasteiger partial charge in [0, 0.05) is 18.1 Å². The van der Waals surface area contributed by atoms with Gasteiger partial charge < -0.3 is 4.90 Å². The van der Waals surface area contributed by atoms with Gasteiger partial charge in [-0.05, 0) is 24.6 Å². The van der Waals surface area contributed by atoms with E-state index >= 15 is 0 Å². The number of benzene rings is 1. The number of aryl methyl sites for hydroxylation is 1. The molecule has 1 saturated heterocycles. The SMILES string of the molecule is Cc1ccc(-n2cnnc2SCC(=O)N2CCS(=O)(=O)CC2)cc1Cl. The van der Waals surface area contributed by atoms with Crippen LogP contribution in [0.4, 0.5) is 0 Å². The molecule has 0 unspecified atom stereocenters. The minimum absolute atomic E-state index is 0.0292. The van der Waals surface area contributed by atoms with Crippen LogP contribution in [0, 0.1) is 6.92 Å². The fraction of sp³-hybridized carbons (Fsp3) is 0.400. The number of halogens is 1. The first-order valence-electron chi connectivity index (χ1n) is 7.63. The average Bonchev–Trinajstić information content (AvgIpc) is 3.03. The van der Waals surface area contributed by atoms with Gasteiger partial charge in [-0.3, -0.25) is 9.36 Å². The highest BCUT2D eigenvalue weighted by molar-refractivity contribution is 7.99. The summed E-state index contributed by atoms with van der Waals surface area (Å²) < 4.78 is 24.6. The van der Waals surface area contributed by atoms with Gasteiger partial charge in [0.25, 0.3) is 0 Å². The van der Waals surface area contributed by atoms with E-state index in [2.05, 4.69) is 10.2 Å². The zero-order valence-electron chi connectivity index (χ0n) is 13.6. The van der Waals surface area contributed by atoms with Crippen LogP contribution in [0.2, 0.25) is 5.02 Å². The number of amides is 1. The number of hydrogen-bond donors (Lipinski definition) is 0. The third kappa shape index (κ3) is 4.34. The van der Waals surface area contributed by atoms with Crippen molar-refractivity contribution < 1.29 is 13.2 Å². The third-order valence-electron chi connectivity index (χ3n) is 3.97. The molecule has 0 aliphatic carbocycles. The number of thioether (sulfide) groups is 1. The molecule has 1 aromatic heterocycles. The van der Waals surface area contributed by atoms with E-state index in [1.54, 1.807) is 15.8 Å². The van der Waals surface area contributed by atoms with Crippen LogP contribution in [0.1, 0.15) is 5.56 Å². The van der Waals surface area contributed by atoms with Gasteiger partial charge in [0.1, 0.15) is 6.33 Å². The second-order valence-electron chi connectivity index (χ2n) is 5.74. The number of carbonyl (C=O) groups is 1. The molecule has 10 heteroatoms. The van der Waals surface area contributed by atoms with Gasteiger partial charge in [-0.25, -0.2) is 8.42 Å². The topological polar surface area (TPSA) is 85.2 Å². The van der Waals surface area contributed by atoms with Crippen molar-refractivity contribution in [2.45, 2.75) is 12.1 Å². The Morgan fingerprint density at radius 3 is 2.72 bits per heavy atom. The van der Waals surface area contributed by atoms with Crippen LogP contribution >= 0.6 is 23.4 Å². The van der Waals surface area contributed by atoms with Crippen molar-refractivity contribution >= 4 is 39.1 Å². The van der Waals surface area contributed by atoms with Crippen LogP contribution in [-0.2, 0) is 14.6 Å². The third-order valence-corrected chi connectivity index (χ3v) is 6.92. The monoisotopic (exact) mass is 400 g/mol. The van der Waals surface area contributed by atoms with E-state index in [0.29, 0.717) is 10.2 Å². The van der Waals surface area contributed by atoms with E-state index in [-0.39, 0.29) is 36.3 Å². The molecule has 0 saturated carbocycles. The number of carbonyl (C=O) groups excluding carboxylic acids is 1. The molecule has 2 heterocycles. The summed E-state index contributed by atoms with van der Waals surface area (Å²) in [5.74, 6) is 0.137. The summed E-state index contributed by atoms with van der Waals surface area (Å²) in [6.07, 6.45) is 1.57. The van der Waals surface area contributed by atoms with E-state index in [9.17, 15) is 13.2 Å². The van der Waals surface area contributed by atoms with Crippen molar-refractivity contribution in [3.8, 4) is 5.69 Å². The van der Waals surface area contributed by atoms with E-state index < -0.39 is 9.84 Å². The van der Waals surface area contributed by atoms with Gasteiger partial charge in [-0.15, -0.1) is 10.2 Å². The fourth-order valence-corrected chi connectivity index (χ4v) is 4.62. The Labute approximate surface area is 155 Å². The number of nitrogens with zero attached hydrogens (tertiary/aromatic N) is 4. The molecule has 3 rings (SSSR count). The van der Waals surface area contributed by atoms with Gasteiger partial charge in [0.05, 0.1) is 22.9 Å². The lowest BCUT2D eigenvalue weighted by molar-refractivity contribution is -0.128. The quantitative estimate of drug-likeness (QED) is 0.724. The van der Waals surface area contributed by atoms with Crippen molar-refractivity contribution in [2.24, 2.45) is 0 Å². The van der Waals surface area contributed by atoms with E-state index in [4.69, 9.17) is 11.6 Å². The summed E-state index contributed by atoms with van der Waals surface area (Å²) in [6, 6.07) is 5.64. The lowest BCUT2D eigenvalue weighted by Crippen LogP contribution is -2.44. The van der Waals surface area contributed by atoms with Crippen molar-refractivity contribution in [3.05, 3.63) is 35.1 Å². The summed E-state index contributed by atoms with van der Waals surface area (Å²) in [6.45, 7) is 2.43. The number of sulfone groups is 1. The maximum absolute atomic E-state index is 12.3. The van der Waals surface area contributed by atoms with E-state index in [0.717, 1.165) is 11.3 Å². The minimum Gasteiger partial charge on any atom is -0.340 e. The Bertz CT molecular complexity index is 884. The molecule has 0 bridgehead atoms. The van der Waals surface area contributed by atoms with Gasteiger partial charge in [-0.1, -0.05) is 29.4 Å². The molecule has 25 heavy (non-hydrogen) atoms. The highest BCUT2D eigenvalue weighted by Crippen LogP contribution is 2.24. The maximum atomic E-state index is 12.3. The van der Waals surface area contributed by atoms with Gasteiger partial charge in [0.2, 0.25) is 5.91 Å². The lowest BCUT2D eigenvalue weighted by atomic mass is 10.2. The van der Waals surface area contributed by atoms with Crippen molar-refractivity contribution in [1.82, 2.24) is 19.7 Å². The molecule has 0 radical (unpaired) electrons. The van der Waals surface area contributed by atoms with Gasteiger partial charge in [0.15, 0.2) is 15.0 Å². The smallest absolute Gasteiger partial charge is 0.233 e. The first kappa shape index (κ1) is 18.2. The van der Waals surface area contributed by atoms with Crippen LogP contribution < -0.4 is 0 Å². The highest BCUT2D eigenvalue weighted by atomic mass is 35.5. The number of hydrogen-bond acceptors (Lipinski definition) is 6. The molecule has 1 aliphatic heterocycles. The summed E-state index contributed by atoms with van der Waals surface area (Å²) in [7, 11) is -3.00. The van der Waals surface area contributed by atoms with Crippen LogP contribution in [0.25, 0.3) is 5.69 Å². The molecule has 1 amide bonds. The fourth-order valence-electron chi connectivity index (χ4n) is 2.41. The summed E-state index contributed by atoms with van der Waals surface area (Å²) in [5, 5.41) is 9.18. The molecular weight excluding hydrogens is 384 g/mol. The second-order valence-corrected chi connectivity index (χ2v) is 9.39. The summed E-state index contributed by atoms with van der Waals surface area (Å²) >= 11 is 7.43. The molecule has 0 spiro atoms. The molecule has 134 valence electrons. The van der Waals surface area contributed by atoms with Gasteiger partial charge >= 0.3 is 0 Å². The van der Waals surface area contributed by atoms with E-state index in [1.165, 1.54) is 11.8 Å². The second kappa shape index (κ2) is 7.35. The molecule has 1 fully saturated rings. The normalized spacial score (nSPS) is 16.8. The van der Waals surface area contributed by atoms with Crippen molar-refractivity contribution in [3.63, 3.8) is 0 Å².